The first-order valence-electron chi connectivity index (χ1n) is 10.8. The molecule has 0 atom stereocenters. The van der Waals surface area contributed by atoms with Gasteiger partial charge in [-0.3, -0.25) is 4.79 Å². The van der Waals surface area contributed by atoms with Gasteiger partial charge >= 0.3 is 0 Å². The van der Waals surface area contributed by atoms with E-state index in [4.69, 9.17) is 11.6 Å². The van der Waals surface area contributed by atoms with Gasteiger partial charge in [0.1, 0.15) is 0 Å². The fourth-order valence-electron chi connectivity index (χ4n) is 4.45. The average Bonchev–Trinajstić information content (AvgIpc) is 2.81. The van der Waals surface area contributed by atoms with E-state index < -0.39 is 10.0 Å². The lowest BCUT2D eigenvalue weighted by Crippen LogP contribution is -2.52. The van der Waals surface area contributed by atoms with Crippen molar-refractivity contribution >= 4 is 49.1 Å². The number of hydrogen-bond acceptors (Lipinski definition) is 4. The van der Waals surface area contributed by atoms with Crippen LogP contribution in [-0.4, -0.2) is 62.8 Å². The standard InChI is InChI=1S/C23H27BrClN3O3S/c1-17-2-5-20(25)16-22(17)26-12-14-27(15-13-26)23(29)18-8-10-28(11-9-18)32(30,31)21-6-3-19(24)4-7-21/h2-7,16,18H,8-15H2,1H3. The molecule has 0 unspecified atom stereocenters. The van der Waals surface area contributed by atoms with Crippen LogP contribution >= 0.6 is 27.5 Å². The van der Waals surface area contributed by atoms with Gasteiger partial charge in [0.2, 0.25) is 15.9 Å². The lowest BCUT2D eigenvalue weighted by molar-refractivity contribution is -0.137. The van der Waals surface area contributed by atoms with Crippen LogP contribution in [0.5, 0.6) is 0 Å². The third-order valence-corrected chi connectivity index (χ3v) is 9.03. The molecule has 4 rings (SSSR count). The summed E-state index contributed by atoms with van der Waals surface area (Å²) in [6.07, 6.45) is 1.12. The number of halogens is 2. The molecule has 2 aliphatic rings. The van der Waals surface area contributed by atoms with Crippen LogP contribution in [0.1, 0.15) is 18.4 Å². The molecule has 9 heteroatoms. The Balaban J connectivity index is 1.32. The summed E-state index contributed by atoms with van der Waals surface area (Å²) in [5.41, 5.74) is 2.30. The van der Waals surface area contributed by atoms with Gasteiger partial charge in [0, 0.05) is 60.4 Å². The average molecular weight is 541 g/mol. The fraction of sp³-hybridized carbons (Fsp3) is 0.435. The van der Waals surface area contributed by atoms with Crippen molar-refractivity contribution in [1.82, 2.24) is 9.21 Å². The van der Waals surface area contributed by atoms with Crippen LogP contribution in [0.3, 0.4) is 0 Å². The van der Waals surface area contributed by atoms with Crippen LogP contribution in [0.25, 0.3) is 0 Å². The predicted octanol–water partition coefficient (Wildman–Crippen LogP) is 4.16. The summed E-state index contributed by atoms with van der Waals surface area (Å²) in [6, 6.07) is 12.6. The summed E-state index contributed by atoms with van der Waals surface area (Å²) in [7, 11) is -3.53. The van der Waals surface area contributed by atoms with Crippen LogP contribution in [0, 0.1) is 12.8 Å². The van der Waals surface area contributed by atoms with Gasteiger partial charge in [-0.25, -0.2) is 8.42 Å². The third kappa shape index (κ3) is 4.98. The number of carbonyl (C=O) groups is 1. The predicted molar refractivity (Wildman–Crippen MR) is 131 cm³/mol. The SMILES string of the molecule is Cc1ccc(Cl)cc1N1CCN(C(=O)C2CCN(S(=O)(=O)c3ccc(Br)cc3)CC2)CC1. The van der Waals surface area contributed by atoms with Crippen LogP contribution in [0.2, 0.25) is 5.02 Å². The first-order chi connectivity index (χ1) is 15.3. The number of piperidine rings is 1. The zero-order chi connectivity index (χ0) is 22.9. The summed E-state index contributed by atoms with van der Waals surface area (Å²) < 4.78 is 28.1. The highest BCUT2D eigenvalue weighted by Crippen LogP contribution is 2.28. The van der Waals surface area contributed by atoms with Gasteiger partial charge in [-0.2, -0.15) is 4.31 Å². The normalized spacial score (nSPS) is 18.7. The second-order valence-corrected chi connectivity index (χ2v) is 11.7. The number of benzene rings is 2. The van der Waals surface area contributed by atoms with E-state index in [1.54, 1.807) is 24.3 Å². The first-order valence-corrected chi connectivity index (χ1v) is 13.4. The van der Waals surface area contributed by atoms with E-state index in [0.29, 0.717) is 44.0 Å². The molecule has 2 fully saturated rings. The van der Waals surface area contributed by atoms with E-state index in [0.717, 1.165) is 23.2 Å². The largest absolute Gasteiger partial charge is 0.368 e. The van der Waals surface area contributed by atoms with Crippen molar-refractivity contribution in [2.75, 3.05) is 44.2 Å². The van der Waals surface area contributed by atoms with Crippen molar-refractivity contribution in [3.8, 4) is 0 Å². The molecule has 2 heterocycles. The van der Waals surface area contributed by atoms with E-state index in [9.17, 15) is 13.2 Å². The Morgan fingerprint density at radius 3 is 2.22 bits per heavy atom. The molecule has 0 bridgehead atoms. The molecule has 2 saturated heterocycles. The number of hydrogen-bond donors (Lipinski definition) is 0. The van der Waals surface area contributed by atoms with Crippen LogP contribution in [0.4, 0.5) is 5.69 Å². The van der Waals surface area contributed by atoms with E-state index in [1.807, 2.05) is 23.1 Å². The number of carbonyl (C=O) groups excluding carboxylic acids is 1. The van der Waals surface area contributed by atoms with E-state index in [1.165, 1.54) is 9.87 Å². The Morgan fingerprint density at radius 2 is 1.59 bits per heavy atom. The van der Waals surface area contributed by atoms with Gasteiger partial charge < -0.3 is 9.80 Å². The Bertz CT molecular complexity index is 1080. The molecule has 2 aromatic carbocycles. The van der Waals surface area contributed by atoms with Crippen molar-refractivity contribution < 1.29 is 13.2 Å². The molecule has 172 valence electrons. The molecular weight excluding hydrogens is 514 g/mol. The van der Waals surface area contributed by atoms with Gasteiger partial charge in [-0.05, 0) is 61.7 Å². The van der Waals surface area contributed by atoms with Gasteiger partial charge in [0.05, 0.1) is 4.90 Å². The summed E-state index contributed by atoms with van der Waals surface area (Å²) in [5.74, 6) is 0.0268. The molecular formula is C23H27BrClN3O3S. The minimum Gasteiger partial charge on any atom is -0.368 e. The van der Waals surface area contributed by atoms with Crippen molar-refractivity contribution in [2.45, 2.75) is 24.7 Å². The molecule has 0 spiro atoms. The van der Waals surface area contributed by atoms with Crippen LogP contribution in [0.15, 0.2) is 51.8 Å². The molecule has 1 amide bonds. The van der Waals surface area contributed by atoms with Gasteiger partial charge in [-0.1, -0.05) is 33.6 Å². The second-order valence-electron chi connectivity index (χ2n) is 8.38. The van der Waals surface area contributed by atoms with Crippen molar-refractivity contribution in [3.05, 3.63) is 57.5 Å². The zero-order valence-corrected chi connectivity index (χ0v) is 21.2. The highest BCUT2D eigenvalue weighted by molar-refractivity contribution is 9.10. The third-order valence-electron chi connectivity index (χ3n) is 6.36. The quantitative estimate of drug-likeness (QED) is 0.584. The maximum Gasteiger partial charge on any atom is 0.243 e. The van der Waals surface area contributed by atoms with Crippen molar-refractivity contribution in [3.63, 3.8) is 0 Å². The van der Waals surface area contributed by atoms with E-state index >= 15 is 0 Å². The maximum absolute atomic E-state index is 13.1. The summed E-state index contributed by atoms with van der Waals surface area (Å²) in [5, 5.41) is 0.717. The topological polar surface area (TPSA) is 60.9 Å². The molecule has 2 aromatic rings. The van der Waals surface area contributed by atoms with Crippen LogP contribution in [-0.2, 0) is 14.8 Å². The highest BCUT2D eigenvalue weighted by atomic mass is 79.9. The monoisotopic (exact) mass is 539 g/mol. The Morgan fingerprint density at radius 1 is 0.969 bits per heavy atom. The maximum atomic E-state index is 13.1. The molecule has 0 radical (unpaired) electrons. The molecule has 0 aliphatic carbocycles. The molecule has 32 heavy (non-hydrogen) atoms. The fourth-order valence-corrected chi connectivity index (χ4v) is 6.35. The Hall–Kier alpha value is -1.61. The molecule has 0 aromatic heterocycles. The van der Waals surface area contributed by atoms with E-state index in [2.05, 4.69) is 27.8 Å². The number of amides is 1. The van der Waals surface area contributed by atoms with Crippen molar-refractivity contribution in [1.29, 1.82) is 0 Å². The van der Waals surface area contributed by atoms with E-state index in [-0.39, 0.29) is 16.7 Å². The van der Waals surface area contributed by atoms with Crippen molar-refractivity contribution in [2.24, 2.45) is 5.92 Å². The Kier molecular flexibility index (Phi) is 7.14. The molecule has 2 aliphatic heterocycles. The summed E-state index contributed by atoms with van der Waals surface area (Å²) in [6.45, 7) is 5.68. The first kappa shape index (κ1) is 23.5. The zero-order valence-electron chi connectivity index (χ0n) is 18.0. The number of sulfonamides is 1. The lowest BCUT2D eigenvalue weighted by atomic mass is 9.96. The molecule has 0 N–H and O–H groups in total. The number of anilines is 1. The minimum atomic E-state index is -3.53. The van der Waals surface area contributed by atoms with Gasteiger partial charge in [0.15, 0.2) is 0 Å². The minimum absolute atomic E-state index is 0.120. The smallest absolute Gasteiger partial charge is 0.243 e. The van der Waals surface area contributed by atoms with Gasteiger partial charge in [0.25, 0.3) is 0 Å². The van der Waals surface area contributed by atoms with Crippen LogP contribution < -0.4 is 4.90 Å². The molecule has 6 nitrogen and oxygen atoms in total. The number of rotatable bonds is 4. The summed E-state index contributed by atoms with van der Waals surface area (Å²) >= 11 is 9.50. The number of nitrogens with zero attached hydrogens (tertiary/aromatic N) is 3. The lowest BCUT2D eigenvalue weighted by Gasteiger charge is -2.39. The second kappa shape index (κ2) is 9.71. The number of aryl methyl sites for hydroxylation is 1. The Labute approximate surface area is 203 Å². The molecule has 0 saturated carbocycles. The highest BCUT2D eigenvalue weighted by Gasteiger charge is 2.34. The number of piperazine rings is 1. The summed E-state index contributed by atoms with van der Waals surface area (Å²) in [4.78, 5) is 17.6. The van der Waals surface area contributed by atoms with Gasteiger partial charge in [-0.15, -0.1) is 0 Å².